The van der Waals surface area contributed by atoms with Crippen LogP contribution in [0.25, 0.3) is 0 Å². The lowest BCUT2D eigenvalue weighted by Crippen LogP contribution is -2.15. The summed E-state index contributed by atoms with van der Waals surface area (Å²) < 4.78 is 14.8. The van der Waals surface area contributed by atoms with Crippen molar-refractivity contribution in [2.24, 2.45) is 0 Å². The van der Waals surface area contributed by atoms with E-state index in [2.05, 4.69) is 76.9 Å². The van der Waals surface area contributed by atoms with Crippen LogP contribution in [0.2, 0.25) is 0 Å². The van der Waals surface area contributed by atoms with Crippen LogP contribution in [0, 0.1) is 5.82 Å². The Balaban J connectivity index is 2.30. The summed E-state index contributed by atoms with van der Waals surface area (Å²) in [6, 6.07) is 13.6. The van der Waals surface area contributed by atoms with Crippen LogP contribution < -0.4 is 0 Å². The van der Waals surface area contributed by atoms with Gasteiger partial charge in [-0.2, -0.15) is 0 Å². The van der Waals surface area contributed by atoms with Gasteiger partial charge in [0.25, 0.3) is 0 Å². The largest absolute Gasteiger partial charge is 0.207 e. The van der Waals surface area contributed by atoms with Crippen LogP contribution in [0.4, 0.5) is 4.39 Å². The average molecular weight is 414 g/mol. The van der Waals surface area contributed by atoms with E-state index in [1.165, 1.54) is 11.6 Å². The number of hydrogen-bond donors (Lipinski definition) is 0. The van der Waals surface area contributed by atoms with Crippen molar-refractivity contribution in [1.82, 2.24) is 0 Å². The van der Waals surface area contributed by atoms with Crippen molar-refractivity contribution in [3.63, 3.8) is 0 Å². The molecule has 2 aromatic rings. The van der Waals surface area contributed by atoms with Crippen molar-refractivity contribution in [2.45, 2.75) is 37.4 Å². The maximum Gasteiger partial charge on any atom is 0.129 e. The predicted molar refractivity (Wildman–Crippen MR) is 94.6 cm³/mol. The third kappa shape index (κ3) is 3.75. The third-order valence-electron chi connectivity index (χ3n) is 4.10. The van der Waals surface area contributed by atoms with Gasteiger partial charge in [0.15, 0.2) is 0 Å². The molecular weight excluding hydrogens is 395 g/mol. The molecule has 2 rings (SSSR count). The Kier molecular flexibility index (Phi) is 5.26. The standard InChI is InChI=1S/C18H19Br2F/c1-4-18(2,3)13-7-5-12(6-8-13)17(20)15-10-9-14(19)11-16(15)21/h5-11,17H,4H2,1-3H3. The lowest BCUT2D eigenvalue weighted by Gasteiger charge is -2.24. The molecule has 0 fully saturated rings. The second-order valence-electron chi connectivity index (χ2n) is 5.89. The number of hydrogen-bond acceptors (Lipinski definition) is 0. The van der Waals surface area contributed by atoms with Crippen molar-refractivity contribution in [2.75, 3.05) is 0 Å². The highest BCUT2D eigenvalue weighted by Gasteiger charge is 2.19. The highest BCUT2D eigenvalue weighted by Crippen LogP contribution is 2.35. The highest BCUT2D eigenvalue weighted by atomic mass is 79.9. The molecule has 21 heavy (non-hydrogen) atoms. The van der Waals surface area contributed by atoms with Crippen LogP contribution in [-0.2, 0) is 5.41 Å². The van der Waals surface area contributed by atoms with E-state index in [1.54, 1.807) is 0 Å². The molecule has 2 aromatic carbocycles. The first kappa shape index (κ1) is 16.7. The summed E-state index contributed by atoms with van der Waals surface area (Å²) in [6.07, 6.45) is 1.09. The summed E-state index contributed by atoms with van der Waals surface area (Å²) in [7, 11) is 0. The van der Waals surface area contributed by atoms with E-state index in [1.807, 2.05) is 12.1 Å². The zero-order valence-electron chi connectivity index (χ0n) is 12.5. The minimum atomic E-state index is -0.204. The molecule has 1 unspecified atom stereocenters. The second-order valence-corrected chi connectivity index (χ2v) is 7.72. The van der Waals surface area contributed by atoms with E-state index in [0.29, 0.717) is 5.56 Å². The highest BCUT2D eigenvalue weighted by molar-refractivity contribution is 9.10. The Hall–Kier alpha value is -0.670. The van der Waals surface area contributed by atoms with Gasteiger partial charge in [-0.1, -0.05) is 83.0 Å². The van der Waals surface area contributed by atoms with Crippen LogP contribution in [-0.4, -0.2) is 0 Å². The van der Waals surface area contributed by atoms with Gasteiger partial charge in [0, 0.05) is 10.0 Å². The van der Waals surface area contributed by atoms with Crippen molar-refractivity contribution < 1.29 is 4.39 Å². The predicted octanol–water partition coefficient (Wildman–Crippen LogP) is 6.76. The molecule has 0 N–H and O–H groups in total. The van der Waals surface area contributed by atoms with E-state index in [-0.39, 0.29) is 16.1 Å². The van der Waals surface area contributed by atoms with Gasteiger partial charge in [-0.05, 0) is 35.1 Å². The van der Waals surface area contributed by atoms with Gasteiger partial charge in [0.2, 0.25) is 0 Å². The van der Waals surface area contributed by atoms with Crippen LogP contribution in [0.1, 0.15) is 48.7 Å². The molecule has 0 saturated heterocycles. The first-order valence-electron chi connectivity index (χ1n) is 7.04. The van der Waals surface area contributed by atoms with E-state index in [4.69, 9.17) is 0 Å². The zero-order valence-corrected chi connectivity index (χ0v) is 15.6. The minimum absolute atomic E-state index is 0.135. The maximum atomic E-state index is 14.0. The number of alkyl halides is 1. The fourth-order valence-electron chi connectivity index (χ4n) is 2.19. The van der Waals surface area contributed by atoms with Gasteiger partial charge in [0.05, 0.1) is 4.83 Å². The monoisotopic (exact) mass is 412 g/mol. The van der Waals surface area contributed by atoms with Crippen molar-refractivity contribution in [3.05, 3.63) is 69.4 Å². The maximum absolute atomic E-state index is 14.0. The Labute approximate surface area is 143 Å². The molecule has 0 aliphatic heterocycles. The molecule has 0 amide bonds. The molecular formula is C18H19Br2F. The van der Waals surface area contributed by atoms with Crippen molar-refractivity contribution >= 4 is 31.9 Å². The summed E-state index contributed by atoms with van der Waals surface area (Å²) in [6.45, 7) is 6.67. The molecule has 3 heteroatoms. The molecule has 0 saturated carbocycles. The van der Waals surface area contributed by atoms with Gasteiger partial charge in [-0.15, -0.1) is 0 Å². The average Bonchev–Trinajstić information content (AvgIpc) is 2.47. The summed E-state index contributed by atoms with van der Waals surface area (Å²) in [4.78, 5) is -0.135. The first-order valence-corrected chi connectivity index (χ1v) is 8.75. The fourth-order valence-corrected chi connectivity index (χ4v) is 3.20. The van der Waals surface area contributed by atoms with Crippen LogP contribution in [0.3, 0.4) is 0 Å². The number of halogens is 3. The Morgan fingerprint density at radius 2 is 1.71 bits per heavy atom. The van der Waals surface area contributed by atoms with Crippen LogP contribution in [0.5, 0.6) is 0 Å². The SMILES string of the molecule is CCC(C)(C)c1ccc(C(Br)c2ccc(Br)cc2F)cc1. The van der Waals surface area contributed by atoms with E-state index in [0.717, 1.165) is 16.5 Å². The molecule has 0 nitrogen and oxygen atoms in total. The van der Waals surface area contributed by atoms with Crippen LogP contribution in [0.15, 0.2) is 46.9 Å². The Morgan fingerprint density at radius 3 is 2.24 bits per heavy atom. The number of rotatable bonds is 4. The second kappa shape index (κ2) is 6.62. The fraction of sp³-hybridized carbons (Fsp3) is 0.333. The van der Waals surface area contributed by atoms with Gasteiger partial charge < -0.3 is 0 Å². The van der Waals surface area contributed by atoms with Gasteiger partial charge in [-0.3, -0.25) is 0 Å². The van der Waals surface area contributed by atoms with Gasteiger partial charge in [0.1, 0.15) is 5.82 Å². The molecule has 0 aliphatic carbocycles. The van der Waals surface area contributed by atoms with Gasteiger partial charge in [-0.25, -0.2) is 4.39 Å². The number of benzene rings is 2. The van der Waals surface area contributed by atoms with Crippen molar-refractivity contribution in [3.8, 4) is 0 Å². The molecule has 0 radical (unpaired) electrons. The Bertz CT molecular complexity index is 618. The van der Waals surface area contributed by atoms with Gasteiger partial charge >= 0.3 is 0 Å². The molecule has 0 bridgehead atoms. The smallest absolute Gasteiger partial charge is 0.129 e. The molecule has 0 spiro atoms. The summed E-state index contributed by atoms with van der Waals surface area (Å²) >= 11 is 6.89. The summed E-state index contributed by atoms with van der Waals surface area (Å²) in [5.74, 6) is -0.204. The first-order chi connectivity index (χ1) is 9.85. The molecule has 112 valence electrons. The topological polar surface area (TPSA) is 0 Å². The molecule has 1 atom stereocenters. The summed E-state index contributed by atoms with van der Waals surface area (Å²) in [5, 5.41) is 0. The third-order valence-corrected chi connectivity index (χ3v) is 5.62. The molecule has 0 heterocycles. The lowest BCUT2D eigenvalue weighted by atomic mass is 9.82. The van der Waals surface area contributed by atoms with E-state index < -0.39 is 0 Å². The molecule has 0 aliphatic rings. The van der Waals surface area contributed by atoms with E-state index >= 15 is 0 Å². The lowest BCUT2D eigenvalue weighted by molar-refractivity contribution is 0.506. The normalized spacial score (nSPS) is 13.2. The van der Waals surface area contributed by atoms with Crippen molar-refractivity contribution in [1.29, 1.82) is 0 Å². The molecule has 0 aromatic heterocycles. The van der Waals surface area contributed by atoms with E-state index in [9.17, 15) is 4.39 Å². The zero-order chi connectivity index (χ0) is 15.6. The van der Waals surface area contributed by atoms with Crippen LogP contribution >= 0.6 is 31.9 Å². The quantitative estimate of drug-likeness (QED) is 0.485. The summed E-state index contributed by atoms with van der Waals surface area (Å²) in [5.41, 5.74) is 3.20. The minimum Gasteiger partial charge on any atom is -0.207 e. The Morgan fingerprint density at radius 1 is 1.10 bits per heavy atom.